The van der Waals surface area contributed by atoms with Gasteiger partial charge in [0.05, 0.1) is 20.6 Å². The van der Waals surface area contributed by atoms with Crippen LogP contribution < -0.4 is 0 Å². The van der Waals surface area contributed by atoms with Gasteiger partial charge in [0.15, 0.2) is 11.9 Å². The van der Waals surface area contributed by atoms with Crippen LogP contribution in [0.1, 0.15) is 51.9 Å². The van der Waals surface area contributed by atoms with Gasteiger partial charge < -0.3 is 19.3 Å². The fourth-order valence-corrected chi connectivity index (χ4v) is 4.18. The summed E-state index contributed by atoms with van der Waals surface area (Å²) in [6, 6.07) is 0. The van der Waals surface area contributed by atoms with E-state index in [1.54, 1.807) is 0 Å². The van der Waals surface area contributed by atoms with Gasteiger partial charge in [0, 0.05) is 12.8 Å². The predicted molar refractivity (Wildman–Crippen MR) is 82.3 cm³/mol. The first kappa shape index (κ1) is 18.2. The van der Waals surface area contributed by atoms with Crippen molar-refractivity contribution in [3.63, 3.8) is 0 Å². The lowest BCUT2D eigenvalue weighted by Gasteiger charge is -2.46. The number of ether oxygens (including phenoxy) is 3. The Balaban J connectivity index is 2.03. The van der Waals surface area contributed by atoms with Crippen LogP contribution in [0, 0.1) is 17.8 Å². The zero-order chi connectivity index (χ0) is 17.0. The van der Waals surface area contributed by atoms with Crippen molar-refractivity contribution in [2.24, 2.45) is 17.8 Å². The minimum absolute atomic E-state index is 0.254. The third-order valence-electron chi connectivity index (χ3n) is 5.43. The number of carbonyl (C=O) groups excluding carboxylic acids is 2. The molecule has 5 atom stereocenters. The molecule has 0 aliphatic heterocycles. The Bertz CT molecular complexity index is 437. The van der Waals surface area contributed by atoms with E-state index in [9.17, 15) is 14.7 Å². The van der Waals surface area contributed by atoms with Crippen molar-refractivity contribution in [2.45, 2.75) is 63.8 Å². The van der Waals surface area contributed by atoms with Gasteiger partial charge in [0.25, 0.3) is 0 Å². The highest BCUT2D eigenvalue weighted by Crippen LogP contribution is 2.47. The molecular formula is C17H28O6. The van der Waals surface area contributed by atoms with E-state index in [1.165, 1.54) is 27.1 Å². The van der Waals surface area contributed by atoms with Gasteiger partial charge in [0.1, 0.15) is 0 Å². The average molecular weight is 328 g/mol. The van der Waals surface area contributed by atoms with Gasteiger partial charge >= 0.3 is 11.9 Å². The van der Waals surface area contributed by atoms with E-state index in [0.717, 1.165) is 12.8 Å². The van der Waals surface area contributed by atoms with Crippen LogP contribution in [-0.2, 0) is 23.8 Å². The summed E-state index contributed by atoms with van der Waals surface area (Å²) in [5.41, 5.74) is 0. The molecule has 6 heteroatoms. The van der Waals surface area contributed by atoms with E-state index in [4.69, 9.17) is 4.74 Å². The third-order valence-corrected chi connectivity index (χ3v) is 5.43. The van der Waals surface area contributed by atoms with Crippen molar-refractivity contribution in [3.8, 4) is 0 Å². The van der Waals surface area contributed by atoms with Crippen LogP contribution in [0.4, 0.5) is 0 Å². The second-order valence-corrected chi connectivity index (χ2v) is 6.93. The zero-order valence-corrected chi connectivity index (χ0v) is 14.2. The molecular weight excluding hydrogens is 300 g/mol. The van der Waals surface area contributed by atoms with Gasteiger partial charge in [-0.3, -0.25) is 4.79 Å². The second-order valence-electron chi connectivity index (χ2n) is 6.93. The van der Waals surface area contributed by atoms with Crippen LogP contribution in [0.3, 0.4) is 0 Å². The molecule has 6 nitrogen and oxygen atoms in total. The smallest absolute Gasteiger partial charge is 0.335 e. The lowest BCUT2D eigenvalue weighted by atomic mass is 9.64. The monoisotopic (exact) mass is 328 g/mol. The highest BCUT2D eigenvalue weighted by Gasteiger charge is 2.45. The molecule has 23 heavy (non-hydrogen) atoms. The number of fused-ring (bicyclic) bond motifs is 1. The van der Waals surface area contributed by atoms with Crippen molar-refractivity contribution in [3.05, 3.63) is 0 Å². The molecule has 1 N–H and O–H groups in total. The number of hydrogen-bond acceptors (Lipinski definition) is 6. The molecule has 2 fully saturated rings. The Morgan fingerprint density at radius 3 is 2.61 bits per heavy atom. The van der Waals surface area contributed by atoms with E-state index in [-0.39, 0.29) is 6.42 Å². The normalized spacial score (nSPS) is 35.0. The summed E-state index contributed by atoms with van der Waals surface area (Å²) < 4.78 is 14.9. The fourth-order valence-electron chi connectivity index (χ4n) is 4.18. The SMILES string of the molecule is COC(=O)C[C@@H](OC1(O)CC[C@@H]2C(CCC[C@H]2C)C1)C(=O)OC. The Labute approximate surface area is 137 Å². The van der Waals surface area contributed by atoms with Gasteiger partial charge in [0.2, 0.25) is 0 Å². The van der Waals surface area contributed by atoms with E-state index in [1.807, 2.05) is 0 Å². The zero-order valence-electron chi connectivity index (χ0n) is 14.2. The molecule has 2 aliphatic carbocycles. The van der Waals surface area contributed by atoms with Crippen molar-refractivity contribution < 1.29 is 28.9 Å². The van der Waals surface area contributed by atoms with Gasteiger partial charge in [-0.2, -0.15) is 0 Å². The molecule has 2 unspecified atom stereocenters. The minimum atomic E-state index is -1.37. The fraction of sp³-hybridized carbons (Fsp3) is 0.882. The Morgan fingerprint density at radius 2 is 1.96 bits per heavy atom. The first-order chi connectivity index (χ1) is 10.9. The number of aliphatic hydroxyl groups is 1. The molecule has 0 aromatic rings. The maximum Gasteiger partial charge on any atom is 0.335 e. The minimum Gasteiger partial charge on any atom is -0.469 e. The summed E-state index contributed by atoms with van der Waals surface area (Å²) in [5.74, 6) is -0.902. The van der Waals surface area contributed by atoms with Crippen molar-refractivity contribution in [2.75, 3.05) is 14.2 Å². The van der Waals surface area contributed by atoms with Crippen molar-refractivity contribution in [1.29, 1.82) is 0 Å². The molecule has 0 bridgehead atoms. The van der Waals surface area contributed by atoms with Crippen LogP contribution in [-0.4, -0.2) is 43.2 Å². The van der Waals surface area contributed by atoms with Gasteiger partial charge in [-0.1, -0.05) is 19.8 Å². The van der Waals surface area contributed by atoms with Crippen LogP contribution in [0.5, 0.6) is 0 Å². The Hall–Kier alpha value is -1.14. The first-order valence-electron chi connectivity index (χ1n) is 8.43. The first-order valence-corrected chi connectivity index (χ1v) is 8.43. The Kier molecular flexibility index (Phi) is 6.03. The van der Waals surface area contributed by atoms with E-state index >= 15 is 0 Å². The molecule has 0 amide bonds. The summed E-state index contributed by atoms with van der Waals surface area (Å²) in [4.78, 5) is 23.3. The molecule has 2 rings (SSSR count). The van der Waals surface area contributed by atoms with Crippen LogP contribution in [0.2, 0.25) is 0 Å². The van der Waals surface area contributed by atoms with E-state index in [2.05, 4.69) is 16.4 Å². The number of hydrogen-bond donors (Lipinski definition) is 1. The van der Waals surface area contributed by atoms with Gasteiger partial charge in [-0.05, 0) is 30.6 Å². The maximum absolute atomic E-state index is 11.8. The Morgan fingerprint density at radius 1 is 1.22 bits per heavy atom. The van der Waals surface area contributed by atoms with Crippen molar-refractivity contribution >= 4 is 11.9 Å². The number of rotatable bonds is 5. The van der Waals surface area contributed by atoms with E-state index in [0.29, 0.717) is 30.6 Å². The largest absolute Gasteiger partial charge is 0.469 e. The predicted octanol–water partition coefficient (Wildman–Crippen LogP) is 2.03. The van der Waals surface area contributed by atoms with Crippen LogP contribution in [0.25, 0.3) is 0 Å². The standard InChI is InChI=1S/C17H28O6/c1-11-5-4-6-12-10-17(20,8-7-13(11)12)23-14(16(19)22-3)9-15(18)21-2/h11-14,20H,4-10H2,1-3H3/t11-,12?,13+,14-,17?/m1/s1. The summed E-state index contributed by atoms with van der Waals surface area (Å²) in [7, 11) is 2.49. The molecule has 0 aromatic heterocycles. The lowest BCUT2D eigenvalue weighted by Crippen LogP contribution is -2.48. The molecule has 0 aromatic carbocycles. The number of esters is 2. The topological polar surface area (TPSA) is 82.1 Å². The molecule has 2 aliphatic rings. The molecule has 0 spiro atoms. The summed E-state index contributed by atoms with van der Waals surface area (Å²) in [5, 5.41) is 10.8. The van der Waals surface area contributed by atoms with Crippen LogP contribution >= 0.6 is 0 Å². The molecule has 0 saturated heterocycles. The highest BCUT2D eigenvalue weighted by molar-refractivity contribution is 5.81. The quantitative estimate of drug-likeness (QED) is 0.614. The molecule has 0 radical (unpaired) electrons. The van der Waals surface area contributed by atoms with Crippen LogP contribution in [0.15, 0.2) is 0 Å². The third kappa shape index (κ3) is 4.44. The lowest BCUT2D eigenvalue weighted by molar-refractivity contribution is -0.263. The molecule has 132 valence electrons. The van der Waals surface area contributed by atoms with Gasteiger partial charge in [-0.15, -0.1) is 0 Å². The summed E-state index contributed by atoms with van der Waals surface area (Å²) >= 11 is 0. The number of carbonyl (C=O) groups is 2. The summed E-state index contributed by atoms with van der Waals surface area (Å²) in [6.45, 7) is 2.27. The van der Waals surface area contributed by atoms with Crippen molar-refractivity contribution in [1.82, 2.24) is 0 Å². The number of methoxy groups -OCH3 is 2. The van der Waals surface area contributed by atoms with E-state index < -0.39 is 23.8 Å². The summed E-state index contributed by atoms with van der Waals surface area (Å²) in [6.07, 6.45) is 3.98. The maximum atomic E-state index is 11.8. The van der Waals surface area contributed by atoms with Gasteiger partial charge in [-0.25, -0.2) is 4.79 Å². The second kappa shape index (κ2) is 7.62. The molecule has 0 heterocycles. The average Bonchev–Trinajstić information content (AvgIpc) is 2.53. The highest BCUT2D eigenvalue weighted by atomic mass is 16.7. The molecule has 2 saturated carbocycles.